The fourth-order valence-electron chi connectivity index (χ4n) is 3.85. The lowest BCUT2D eigenvalue weighted by Gasteiger charge is -2.14. The van der Waals surface area contributed by atoms with Gasteiger partial charge in [-0.2, -0.15) is 8.78 Å². The number of aromatic nitrogens is 1. The molecule has 33 heavy (non-hydrogen) atoms. The molecule has 2 aromatic carbocycles. The van der Waals surface area contributed by atoms with E-state index in [-0.39, 0.29) is 30.3 Å². The van der Waals surface area contributed by atoms with Crippen LogP contribution in [0, 0.1) is 11.6 Å². The van der Waals surface area contributed by atoms with Crippen molar-refractivity contribution in [3.63, 3.8) is 0 Å². The molecule has 1 saturated heterocycles. The van der Waals surface area contributed by atoms with E-state index in [1.165, 1.54) is 24.3 Å². The molecule has 2 atom stereocenters. The maximum Gasteiger partial charge on any atom is 0.387 e. The molecule has 3 aromatic rings. The molecule has 7 nitrogen and oxygen atoms in total. The Morgan fingerprint density at radius 2 is 1.91 bits per heavy atom. The summed E-state index contributed by atoms with van der Waals surface area (Å²) < 4.78 is 57.8. The van der Waals surface area contributed by atoms with E-state index in [0.29, 0.717) is 16.8 Å². The van der Waals surface area contributed by atoms with Crippen LogP contribution in [0.15, 0.2) is 36.4 Å². The van der Waals surface area contributed by atoms with Crippen molar-refractivity contribution in [1.29, 1.82) is 0 Å². The van der Waals surface area contributed by atoms with Gasteiger partial charge < -0.3 is 25.5 Å². The molecule has 174 valence electrons. The largest absolute Gasteiger partial charge is 0.432 e. The van der Waals surface area contributed by atoms with Gasteiger partial charge in [-0.15, -0.1) is 0 Å². The van der Waals surface area contributed by atoms with E-state index in [9.17, 15) is 32.3 Å². The summed E-state index contributed by atoms with van der Waals surface area (Å²) in [5.41, 5.74) is 1.37. The van der Waals surface area contributed by atoms with Crippen molar-refractivity contribution in [3.05, 3.63) is 53.6 Å². The van der Waals surface area contributed by atoms with Crippen molar-refractivity contribution in [2.75, 3.05) is 6.54 Å². The van der Waals surface area contributed by atoms with Crippen LogP contribution in [-0.2, 0) is 16.0 Å². The SMILES string of the molecule is O=C(CCc1c(-c2ccc(F)cc2)[nH]c2c(OC(F)F)cc(F)cc12)N[C@@H]1C(=O)NC[C@H]1O. The van der Waals surface area contributed by atoms with Gasteiger partial charge in [0.1, 0.15) is 23.8 Å². The summed E-state index contributed by atoms with van der Waals surface area (Å²) in [7, 11) is 0. The van der Waals surface area contributed by atoms with Gasteiger partial charge >= 0.3 is 6.61 Å². The number of amides is 2. The number of hydrogen-bond donors (Lipinski definition) is 4. The fourth-order valence-corrected chi connectivity index (χ4v) is 3.85. The minimum atomic E-state index is -3.19. The number of aryl methyl sites for hydroxylation is 1. The number of aliphatic hydroxyl groups is 1. The van der Waals surface area contributed by atoms with Gasteiger partial charge in [-0.3, -0.25) is 9.59 Å². The van der Waals surface area contributed by atoms with E-state index < -0.39 is 48.0 Å². The summed E-state index contributed by atoms with van der Waals surface area (Å²) in [6, 6.07) is 6.16. The highest BCUT2D eigenvalue weighted by Gasteiger charge is 2.34. The van der Waals surface area contributed by atoms with Gasteiger partial charge in [0.15, 0.2) is 5.75 Å². The van der Waals surface area contributed by atoms with E-state index in [2.05, 4.69) is 20.4 Å². The highest BCUT2D eigenvalue weighted by Crippen LogP contribution is 2.37. The number of H-pyrrole nitrogens is 1. The standard InChI is InChI=1S/C22H19F4N3O4/c23-11-3-1-10(2-4-11)18-13(5-6-17(31)28-20-15(30)9-27-21(20)32)14-7-12(24)8-16(19(14)29-18)33-22(25)26/h1-4,7-8,15,20,22,29-30H,5-6,9H2,(H,27,32)(H,28,31)/t15-,20+/m1/s1. The number of alkyl halides is 2. The van der Waals surface area contributed by atoms with Crippen molar-refractivity contribution in [2.24, 2.45) is 0 Å². The molecule has 0 spiro atoms. The molecule has 0 radical (unpaired) electrons. The first kappa shape index (κ1) is 22.6. The Labute approximate surface area is 184 Å². The first-order valence-electron chi connectivity index (χ1n) is 10.0. The van der Waals surface area contributed by atoms with Crippen LogP contribution < -0.4 is 15.4 Å². The Balaban J connectivity index is 1.69. The average molecular weight is 465 g/mol. The molecule has 0 unspecified atom stereocenters. The van der Waals surface area contributed by atoms with Crippen LogP contribution in [0.1, 0.15) is 12.0 Å². The lowest BCUT2D eigenvalue weighted by atomic mass is 10.0. The molecule has 2 heterocycles. The Morgan fingerprint density at radius 1 is 1.18 bits per heavy atom. The number of nitrogens with one attached hydrogen (secondary N) is 3. The van der Waals surface area contributed by atoms with Crippen LogP contribution >= 0.6 is 0 Å². The van der Waals surface area contributed by atoms with Crippen molar-refractivity contribution in [1.82, 2.24) is 15.6 Å². The van der Waals surface area contributed by atoms with Gasteiger partial charge in [-0.05, 0) is 47.9 Å². The number of carbonyl (C=O) groups is 2. The smallest absolute Gasteiger partial charge is 0.387 e. The minimum absolute atomic E-state index is 0.0210. The zero-order valence-corrected chi connectivity index (χ0v) is 17.0. The topological polar surface area (TPSA) is 103 Å². The number of halogens is 4. The number of hydrogen-bond acceptors (Lipinski definition) is 4. The third-order valence-corrected chi connectivity index (χ3v) is 5.36. The zero-order chi connectivity index (χ0) is 23.7. The summed E-state index contributed by atoms with van der Waals surface area (Å²) in [6.45, 7) is -3.17. The van der Waals surface area contributed by atoms with Gasteiger partial charge in [0.05, 0.1) is 5.52 Å². The Kier molecular flexibility index (Phi) is 6.23. The number of β-amino-alcohol motifs (C(OH)–C–C–N with tert-alkyl or cyclic N) is 1. The monoisotopic (exact) mass is 465 g/mol. The summed E-state index contributed by atoms with van der Waals surface area (Å²) in [5.74, 6) is -2.78. The van der Waals surface area contributed by atoms with Crippen LogP contribution in [0.2, 0.25) is 0 Å². The number of carbonyl (C=O) groups excluding carboxylic acids is 2. The molecule has 1 aromatic heterocycles. The molecule has 0 saturated carbocycles. The molecule has 4 rings (SSSR count). The number of benzene rings is 2. The second-order valence-electron chi connectivity index (χ2n) is 7.55. The number of aromatic amines is 1. The summed E-state index contributed by atoms with van der Waals surface area (Å²) in [6.07, 6.45) is -1.19. The molecule has 0 aliphatic carbocycles. The molecule has 1 aliphatic heterocycles. The average Bonchev–Trinajstić information content (AvgIpc) is 3.27. The van der Waals surface area contributed by atoms with Crippen molar-refractivity contribution in [3.8, 4) is 17.0 Å². The zero-order valence-electron chi connectivity index (χ0n) is 17.0. The molecular formula is C22H19F4N3O4. The van der Waals surface area contributed by atoms with E-state index in [4.69, 9.17) is 0 Å². The Morgan fingerprint density at radius 3 is 2.55 bits per heavy atom. The minimum Gasteiger partial charge on any atom is -0.432 e. The Hall–Kier alpha value is -3.60. The summed E-state index contributed by atoms with van der Waals surface area (Å²) >= 11 is 0. The molecule has 4 N–H and O–H groups in total. The van der Waals surface area contributed by atoms with Crippen LogP contribution in [-0.4, -0.2) is 47.2 Å². The van der Waals surface area contributed by atoms with Crippen molar-refractivity contribution < 1.29 is 37.0 Å². The highest BCUT2D eigenvalue weighted by molar-refractivity contribution is 5.95. The van der Waals surface area contributed by atoms with Gasteiger partial charge in [-0.1, -0.05) is 0 Å². The molecule has 11 heteroatoms. The number of aliphatic hydroxyl groups excluding tert-OH is 1. The Bertz CT molecular complexity index is 1200. The number of rotatable bonds is 7. The van der Waals surface area contributed by atoms with Crippen LogP contribution in [0.5, 0.6) is 5.75 Å². The predicted molar refractivity (Wildman–Crippen MR) is 110 cm³/mol. The van der Waals surface area contributed by atoms with Gasteiger partial charge in [0, 0.05) is 30.1 Å². The van der Waals surface area contributed by atoms with E-state index >= 15 is 0 Å². The third kappa shape index (κ3) is 4.77. The normalized spacial score (nSPS) is 18.1. The van der Waals surface area contributed by atoms with Crippen molar-refractivity contribution >= 4 is 22.7 Å². The molecular weight excluding hydrogens is 446 g/mol. The summed E-state index contributed by atoms with van der Waals surface area (Å²) in [5, 5.41) is 14.9. The maximum absolute atomic E-state index is 14.2. The number of fused-ring (bicyclic) bond motifs is 1. The van der Waals surface area contributed by atoms with Crippen LogP contribution in [0.4, 0.5) is 17.6 Å². The van der Waals surface area contributed by atoms with Crippen LogP contribution in [0.25, 0.3) is 22.2 Å². The first-order chi connectivity index (χ1) is 15.7. The molecule has 2 amide bonds. The lowest BCUT2D eigenvalue weighted by molar-refractivity contribution is -0.128. The molecule has 1 aliphatic rings. The second kappa shape index (κ2) is 9.10. The van der Waals surface area contributed by atoms with Crippen LogP contribution in [0.3, 0.4) is 0 Å². The van der Waals surface area contributed by atoms with Crippen molar-refractivity contribution in [2.45, 2.75) is 31.6 Å². The maximum atomic E-state index is 14.2. The first-order valence-corrected chi connectivity index (χ1v) is 10.0. The third-order valence-electron chi connectivity index (χ3n) is 5.36. The second-order valence-corrected chi connectivity index (χ2v) is 7.55. The molecule has 0 bridgehead atoms. The highest BCUT2D eigenvalue weighted by atomic mass is 19.3. The van der Waals surface area contributed by atoms with E-state index in [0.717, 1.165) is 12.1 Å². The van der Waals surface area contributed by atoms with E-state index in [1.54, 1.807) is 0 Å². The van der Waals surface area contributed by atoms with Gasteiger partial charge in [0.25, 0.3) is 0 Å². The van der Waals surface area contributed by atoms with Gasteiger partial charge in [-0.25, -0.2) is 8.78 Å². The predicted octanol–water partition coefficient (Wildman–Crippen LogP) is 2.62. The summed E-state index contributed by atoms with van der Waals surface area (Å²) in [4.78, 5) is 27.1. The molecule has 1 fully saturated rings. The lowest BCUT2D eigenvalue weighted by Crippen LogP contribution is -2.45. The number of ether oxygens (including phenoxy) is 1. The van der Waals surface area contributed by atoms with E-state index in [1.807, 2.05) is 0 Å². The van der Waals surface area contributed by atoms with Gasteiger partial charge in [0.2, 0.25) is 11.8 Å². The quantitative estimate of drug-likeness (QED) is 0.403. The fraction of sp³-hybridized carbons (Fsp3) is 0.273.